The molecule has 0 aliphatic rings. The Balaban J connectivity index is 1.79. The first-order valence-corrected chi connectivity index (χ1v) is 9.40. The van der Waals surface area contributed by atoms with E-state index in [4.69, 9.17) is 14.5 Å². The van der Waals surface area contributed by atoms with Crippen molar-refractivity contribution < 1.29 is 19.0 Å². The van der Waals surface area contributed by atoms with E-state index in [1.54, 1.807) is 7.11 Å². The topological polar surface area (TPSA) is 73.8 Å². The first-order chi connectivity index (χ1) is 14.1. The molecule has 1 heterocycles. The number of hydrogen-bond donors (Lipinski definition) is 0. The molecule has 0 bridgehead atoms. The summed E-state index contributed by atoms with van der Waals surface area (Å²) in [6.45, 7) is 0.713. The summed E-state index contributed by atoms with van der Waals surface area (Å²) in [5.41, 5.74) is 1.84. The first-order valence-electron chi connectivity index (χ1n) is 9.40. The number of benzene rings is 2. The van der Waals surface area contributed by atoms with E-state index in [-0.39, 0.29) is 12.6 Å². The fraction of sp³-hybridized carbons (Fsp3) is 0.318. The number of rotatable bonds is 9. The molecular formula is C22H25N3O4. The van der Waals surface area contributed by atoms with E-state index in [0.29, 0.717) is 25.3 Å². The Hall–Kier alpha value is -3.19. The Morgan fingerprint density at radius 3 is 2.52 bits per heavy atom. The monoisotopic (exact) mass is 395 g/mol. The van der Waals surface area contributed by atoms with Crippen molar-refractivity contribution in [3.63, 3.8) is 0 Å². The van der Waals surface area contributed by atoms with Crippen LogP contribution in [0, 0.1) is 0 Å². The normalized spacial score (nSPS) is 10.7. The van der Waals surface area contributed by atoms with Crippen molar-refractivity contribution in [3.05, 3.63) is 54.4 Å². The smallest absolute Gasteiger partial charge is 0.305 e. The van der Waals surface area contributed by atoms with Crippen LogP contribution in [-0.2, 0) is 20.9 Å². The highest BCUT2D eigenvalue weighted by Crippen LogP contribution is 2.29. The van der Waals surface area contributed by atoms with Crippen molar-refractivity contribution in [1.29, 1.82) is 0 Å². The molecule has 0 radical (unpaired) electrons. The van der Waals surface area contributed by atoms with Crippen LogP contribution in [0.15, 0.2) is 48.5 Å². The van der Waals surface area contributed by atoms with Gasteiger partial charge in [0.15, 0.2) is 5.82 Å². The zero-order valence-electron chi connectivity index (χ0n) is 16.9. The Kier molecular flexibility index (Phi) is 6.97. The van der Waals surface area contributed by atoms with Gasteiger partial charge in [0.1, 0.15) is 18.2 Å². The third-order valence-corrected chi connectivity index (χ3v) is 4.54. The number of fused-ring (bicyclic) bond motifs is 1. The summed E-state index contributed by atoms with van der Waals surface area (Å²) in [6.07, 6.45) is 0.930. The highest BCUT2D eigenvalue weighted by molar-refractivity contribution is 5.91. The van der Waals surface area contributed by atoms with Crippen LogP contribution in [0.1, 0.15) is 18.7 Å². The lowest BCUT2D eigenvalue weighted by Gasteiger charge is -2.21. The Morgan fingerprint density at radius 1 is 1.03 bits per heavy atom. The molecule has 7 nitrogen and oxygen atoms in total. The molecule has 0 N–H and O–H groups in total. The number of esters is 1. The molecule has 0 aliphatic heterocycles. The van der Waals surface area contributed by atoms with Gasteiger partial charge in [0.2, 0.25) is 0 Å². The highest BCUT2D eigenvalue weighted by Gasteiger charge is 2.13. The van der Waals surface area contributed by atoms with E-state index in [1.807, 2.05) is 60.5 Å². The third kappa shape index (κ3) is 5.20. The van der Waals surface area contributed by atoms with Crippen LogP contribution in [0.3, 0.4) is 0 Å². The maximum atomic E-state index is 11.2. The van der Waals surface area contributed by atoms with Crippen LogP contribution in [0.4, 0.5) is 11.5 Å². The van der Waals surface area contributed by atoms with Gasteiger partial charge >= 0.3 is 5.97 Å². The molecule has 2 aromatic carbocycles. The van der Waals surface area contributed by atoms with Crippen LogP contribution >= 0.6 is 0 Å². The minimum Gasteiger partial charge on any atom is -0.497 e. The van der Waals surface area contributed by atoms with Crippen molar-refractivity contribution in [2.24, 2.45) is 0 Å². The van der Waals surface area contributed by atoms with Crippen molar-refractivity contribution in [2.45, 2.75) is 19.4 Å². The fourth-order valence-corrected chi connectivity index (χ4v) is 2.94. The number of hydrogen-bond acceptors (Lipinski definition) is 7. The lowest BCUT2D eigenvalue weighted by atomic mass is 10.2. The lowest BCUT2D eigenvalue weighted by molar-refractivity contribution is -0.141. The van der Waals surface area contributed by atoms with Gasteiger partial charge < -0.3 is 19.1 Å². The maximum Gasteiger partial charge on any atom is 0.305 e. The Labute approximate surface area is 170 Å². The van der Waals surface area contributed by atoms with Gasteiger partial charge in [-0.15, -0.1) is 0 Å². The SMILES string of the molecule is COC(=O)CCCOCc1nc(N(C)c2ccc(OC)cc2)c2ccccc2n1. The average molecular weight is 395 g/mol. The van der Waals surface area contributed by atoms with Crippen LogP contribution < -0.4 is 9.64 Å². The molecule has 3 rings (SSSR count). The predicted molar refractivity (Wildman–Crippen MR) is 112 cm³/mol. The molecule has 0 saturated carbocycles. The van der Waals surface area contributed by atoms with Crippen molar-refractivity contribution in [3.8, 4) is 5.75 Å². The number of ether oxygens (including phenoxy) is 3. The number of nitrogens with zero attached hydrogens (tertiary/aromatic N) is 3. The Bertz CT molecular complexity index is 960. The second-order valence-electron chi connectivity index (χ2n) is 6.47. The van der Waals surface area contributed by atoms with Crippen molar-refractivity contribution in [1.82, 2.24) is 9.97 Å². The van der Waals surface area contributed by atoms with Crippen LogP contribution in [0.2, 0.25) is 0 Å². The van der Waals surface area contributed by atoms with E-state index in [2.05, 4.69) is 9.72 Å². The molecule has 0 amide bonds. The zero-order valence-corrected chi connectivity index (χ0v) is 16.9. The molecule has 3 aromatic rings. The lowest BCUT2D eigenvalue weighted by Crippen LogP contribution is -2.14. The standard InChI is InChI=1S/C22H25N3O4/c1-25(16-10-12-17(27-2)13-11-16)22-18-7-4-5-8-19(18)23-20(24-22)15-29-14-6-9-21(26)28-3/h4-5,7-8,10-13H,6,9,14-15H2,1-3H3. The molecule has 0 saturated heterocycles. The molecule has 0 atom stereocenters. The molecule has 29 heavy (non-hydrogen) atoms. The van der Waals surface area contributed by atoms with Gasteiger partial charge in [0.05, 0.1) is 19.7 Å². The number of carbonyl (C=O) groups is 1. The summed E-state index contributed by atoms with van der Waals surface area (Å²) in [7, 11) is 5.00. The summed E-state index contributed by atoms with van der Waals surface area (Å²) < 4.78 is 15.5. The largest absolute Gasteiger partial charge is 0.497 e. The molecular weight excluding hydrogens is 370 g/mol. The average Bonchev–Trinajstić information content (AvgIpc) is 2.77. The van der Waals surface area contributed by atoms with Crippen molar-refractivity contribution >= 4 is 28.4 Å². The molecule has 0 fully saturated rings. The number of methoxy groups -OCH3 is 2. The predicted octanol–water partition coefficient (Wildman–Crippen LogP) is 3.88. The fourth-order valence-electron chi connectivity index (χ4n) is 2.94. The van der Waals surface area contributed by atoms with E-state index in [0.717, 1.165) is 28.2 Å². The van der Waals surface area contributed by atoms with Gasteiger partial charge in [-0.3, -0.25) is 4.79 Å². The minimum atomic E-state index is -0.237. The van der Waals surface area contributed by atoms with Gasteiger partial charge in [-0.1, -0.05) is 12.1 Å². The van der Waals surface area contributed by atoms with Crippen LogP contribution in [0.25, 0.3) is 10.9 Å². The number of carbonyl (C=O) groups excluding carboxylic acids is 1. The molecule has 0 spiro atoms. The van der Waals surface area contributed by atoms with Gasteiger partial charge in [0, 0.05) is 31.1 Å². The van der Waals surface area contributed by atoms with E-state index in [9.17, 15) is 4.79 Å². The van der Waals surface area contributed by atoms with E-state index in [1.165, 1.54) is 7.11 Å². The summed E-state index contributed by atoms with van der Waals surface area (Å²) in [5, 5.41) is 0.959. The Morgan fingerprint density at radius 2 is 1.79 bits per heavy atom. The second-order valence-corrected chi connectivity index (χ2v) is 6.47. The second kappa shape index (κ2) is 9.84. The molecule has 0 aliphatic carbocycles. The van der Waals surface area contributed by atoms with Crippen LogP contribution in [0.5, 0.6) is 5.75 Å². The molecule has 0 unspecified atom stereocenters. The highest BCUT2D eigenvalue weighted by atomic mass is 16.5. The summed E-state index contributed by atoms with van der Waals surface area (Å²) in [5.74, 6) is 1.96. The van der Waals surface area contributed by atoms with E-state index >= 15 is 0 Å². The third-order valence-electron chi connectivity index (χ3n) is 4.54. The van der Waals surface area contributed by atoms with Gasteiger partial charge in [0.25, 0.3) is 0 Å². The van der Waals surface area contributed by atoms with Gasteiger partial charge in [-0.05, 0) is 42.8 Å². The molecule has 152 valence electrons. The van der Waals surface area contributed by atoms with Gasteiger partial charge in [-0.2, -0.15) is 0 Å². The van der Waals surface area contributed by atoms with Crippen molar-refractivity contribution in [2.75, 3.05) is 32.8 Å². The zero-order chi connectivity index (χ0) is 20.6. The number of para-hydroxylation sites is 1. The number of aromatic nitrogens is 2. The van der Waals surface area contributed by atoms with E-state index < -0.39 is 0 Å². The quantitative estimate of drug-likeness (QED) is 0.402. The minimum absolute atomic E-state index is 0.237. The first kappa shape index (κ1) is 20.5. The summed E-state index contributed by atoms with van der Waals surface area (Å²) in [6, 6.07) is 15.7. The van der Waals surface area contributed by atoms with Gasteiger partial charge in [-0.25, -0.2) is 9.97 Å². The number of anilines is 2. The summed E-state index contributed by atoms with van der Waals surface area (Å²) >= 11 is 0. The maximum absolute atomic E-state index is 11.2. The molecule has 7 heteroatoms. The summed E-state index contributed by atoms with van der Waals surface area (Å²) in [4.78, 5) is 22.5. The molecule has 1 aromatic heterocycles. The van der Waals surface area contributed by atoms with Crippen LogP contribution in [-0.4, -0.2) is 43.8 Å².